The average Bonchev–Trinajstić information content (AvgIpc) is 3.26. The van der Waals surface area contributed by atoms with Crippen LogP contribution in [0.4, 0.5) is 0 Å². The highest BCUT2D eigenvalue weighted by Crippen LogP contribution is 2.34. The van der Waals surface area contributed by atoms with Crippen molar-refractivity contribution in [3.63, 3.8) is 0 Å². The van der Waals surface area contributed by atoms with E-state index in [9.17, 15) is 0 Å². The zero-order valence-corrected chi connectivity index (χ0v) is 11.6. The average molecular weight is 277 g/mol. The molecule has 0 aliphatic rings. The third kappa shape index (κ3) is 1.82. The molecule has 3 N–H and O–H groups in total. The van der Waals surface area contributed by atoms with Gasteiger partial charge in [0.05, 0.1) is 11.4 Å². The van der Waals surface area contributed by atoms with E-state index in [-0.39, 0.29) is 0 Å². The summed E-state index contributed by atoms with van der Waals surface area (Å²) >= 11 is 0. The predicted molar refractivity (Wildman–Crippen MR) is 82.2 cm³/mol. The third-order valence-corrected chi connectivity index (χ3v) is 3.59. The summed E-state index contributed by atoms with van der Waals surface area (Å²) in [5.41, 5.74) is 5.24. The van der Waals surface area contributed by atoms with Crippen molar-refractivity contribution in [1.82, 2.24) is 24.7 Å². The van der Waals surface area contributed by atoms with Gasteiger partial charge in [0.1, 0.15) is 11.5 Å². The van der Waals surface area contributed by atoms with Crippen molar-refractivity contribution in [2.24, 2.45) is 0 Å². The van der Waals surface area contributed by atoms with E-state index in [1.807, 2.05) is 54.5 Å². The van der Waals surface area contributed by atoms with Gasteiger partial charge in [0.2, 0.25) is 0 Å². The van der Waals surface area contributed by atoms with Gasteiger partial charge in [-0.3, -0.25) is 0 Å². The molecule has 4 aromatic heterocycles. The molecule has 0 amide bonds. The van der Waals surface area contributed by atoms with Crippen LogP contribution in [0.3, 0.4) is 0 Å². The van der Waals surface area contributed by atoms with Crippen molar-refractivity contribution in [1.29, 1.82) is 0 Å². The number of nitrogens with zero attached hydrogens (tertiary/aromatic N) is 2. The quantitative estimate of drug-likeness (QED) is 0.527. The van der Waals surface area contributed by atoms with Crippen LogP contribution in [-0.4, -0.2) is 24.7 Å². The van der Waals surface area contributed by atoms with Crippen molar-refractivity contribution in [3.8, 4) is 28.5 Å². The third-order valence-electron chi connectivity index (χ3n) is 3.59. The first kappa shape index (κ1) is 11.8. The predicted octanol–water partition coefficient (Wildman–Crippen LogP) is 3.50. The number of hydrogen-bond donors (Lipinski definition) is 3. The van der Waals surface area contributed by atoms with E-state index >= 15 is 0 Å². The standard InChI is InChI=1S/C16H15N5/c1-11-15(12-5-2-8-17-12)16(13-6-3-9-18-13)21(20-11)14-7-4-10-19-14/h2-10,17-19H,1H3. The number of nitrogens with one attached hydrogen (secondary N) is 3. The molecule has 0 aliphatic heterocycles. The van der Waals surface area contributed by atoms with Crippen LogP contribution in [0.5, 0.6) is 0 Å². The molecule has 104 valence electrons. The van der Waals surface area contributed by atoms with Crippen molar-refractivity contribution in [2.75, 3.05) is 0 Å². The van der Waals surface area contributed by atoms with E-state index in [0.29, 0.717) is 0 Å². The molecule has 0 fully saturated rings. The first-order valence-corrected chi connectivity index (χ1v) is 6.85. The molecule has 0 saturated heterocycles. The van der Waals surface area contributed by atoms with Crippen LogP contribution in [0.15, 0.2) is 55.0 Å². The molecule has 0 radical (unpaired) electrons. The van der Waals surface area contributed by atoms with Crippen LogP contribution < -0.4 is 0 Å². The summed E-state index contributed by atoms with van der Waals surface area (Å²) in [4.78, 5) is 9.78. The lowest BCUT2D eigenvalue weighted by Crippen LogP contribution is -2.00. The molecule has 4 rings (SSSR count). The lowest BCUT2D eigenvalue weighted by atomic mass is 10.1. The molecule has 0 saturated carbocycles. The van der Waals surface area contributed by atoms with E-state index in [0.717, 1.165) is 34.2 Å². The highest BCUT2D eigenvalue weighted by molar-refractivity contribution is 5.80. The van der Waals surface area contributed by atoms with Crippen molar-refractivity contribution in [2.45, 2.75) is 6.92 Å². The fraction of sp³-hybridized carbons (Fsp3) is 0.0625. The summed E-state index contributed by atoms with van der Waals surface area (Å²) in [6.45, 7) is 2.03. The summed E-state index contributed by atoms with van der Waals surface area (Å²) in [5, 5.41) is 4.71. The number of rotatable bonds is 3. The van der Waals surface area contributed by atoms with Crippen LogP contribution in [-0.2, 0) is 0 Å². The number of aromatic nitrogens is 5. The minimum absolute atomic E-state index is 0.945. The Labute approximate surface area is 121 Å². The smallest absolute Gasteiger partial charge is 0.132 e. The molecule has 4 aromatic rings. The second-order valence-electron chi connectivity index (χ2n) is 4.94. The van der Waals surface area contributed by atoms with Crippen LogP contribution in [0.1, 0.15) is 5.69 Å². The Balaban J connectivity index is 2.04. The van der Waals surface area contributed by atoms with Crippen molar-refractivity contribution >= 4 is 0 Å². The molecule has 5 nitrogen and oxygen atoms in total. The molecular formula is C16H15N5. The molecule has 21 heavy (non-hydrogen) atoms. The van der Waals surface area contributed by atoms with E-state index in [1.165, 1.54) is 0 Å². The maximum absolute atomic E-state index is 4.71. The van der Waals surface area contributed by atoms with Crippen LogP contribution >= 0.6 is 0 Å². The summed E-state index contributed by atoms with van der Waals surface area (Å²) in [7, 11) is 0. The minimum Gasteiger partial charge on any atom is -0.361 e. The Morgan fingerprint density at radius 3 is 2.14 bits per heavy atom. The normalized spacial score (nSPS) is 11.1. The summed E-state index contributed by atoms with van der Waals surface area (Å²) in [6, 6.07) is 12.1. The molecule has 5 heteroatoms. The number of aryl methyl sites for hydroxylation is 1. The van der Waals surface area contributed by atoms with Crippen LogP contribution in [0, 0.1) is 6.92 Å². The maximum atomic E-state index is 4.71. The van der Waals surface area contributed by atoms with Gasteiger partial charge in [0.25, 0.3) is 0 Å². The van der Waals surface area contributed by atoms with Gasteiger partial charge in [-0.05, 0) is 43.3 Å². The zero-order chi connectivity index (χ0) is 14.2. The Hall–Kier alpha value is -2.95. The van der Waals surface area contributed by atoms with E-state index in [4.69, 9.17) is 5.10 Å². The van der Waals surface area contributed by atoms with Crippen LogP contribution in [0.2, 0.25) is 0 Å². The monoisotopic (exact) mass is 277 g/mol. The minimum atomic E-state index is 0.945. The topological polar surface area (TPSA) is 65.2 Å². The molecule has 0 atom stereocenters. The summed E-state index contributed by atoms with van der Waals surface area (Å²) < 4.78 is 1.94. The maximum Gasteiger partial charge on any atom is 0.132 e. The first-order valence-electron chi connectivity index (χ1n) is 6.85. The van der Waals surface area contributed by atoms with Gasteiger partial charge < -0.3 is 15.0 Å². The Morgan fingerprint density at radius 2 is 1.52 bits per heavy atom. The Bertz CT molecular complexity index is 833. The van der Waals surface area contributed by atoms with E-state index in [1.54, 1.807) is 0 Å². The largest absolute Gasteiger partial charge is 0.361 e. The fourth-order valence-corrected chi connectivity index (χ4v) is 2.69. The zero-order valence-electron chi connectivity index (χ0n) is 11.6. The van der Waals surface area contributed by atoms with Gasteiger partial charge in [-0.1, -0.05) is 0 Å². The Morgan fingerprint density at radius 1 is 0.857 bits per heavy atom. The highest BCUT2D eigenvalue weighted by atomic mass is 15.3. The van der Waals surface area contributed by atoms with Gasteiger partial charge in [0.15, 0.2) is 0 Å². The summed E-state index contributed by atoms with van der Waals surface area (Å²) in [5.74, 6) is 0.945. The SMILES string of the molecule is Cc1nn(-c2ccc[nH]2)c(-c2ccc[nH]2)c1-c1ccc[nH]1. The lowest BCUT2D eigenvalue weighted by Gasteiger charge is -2.06. The van der Waals surface area contributed by atoms with Gasteiger partial charge in [-0.15, -0.1) is 0 Å². The van der Waals surface area contributed by atoms with Crippen LogP contribution in [0.25, 0.3) is 28.5 Å². The van der Waals surface area contributed by atoms with E-state index in [2.05, 4.69) is 27.1 Å². The second kappa shape index (κ2) is 4.56. The molecule has 4 heterocycles. The lowest BCUT2D eigenvalue weighted by molar-refractivity contribution is 0.844. The summed E-state index contributed by atoms with van der Waals surface area (Å²) in [6.07, 6.45) is 5.76. The molecule has 0 unspecified atom stereocenters. The van der Waals surface area contributed by atoms with Gasteiger partial charge in [0, 0.05) is 29.8 Å². The van der Waals surface area contributed by atoms with Crippen molar-refractivity contribution in [3.05, 3.63) is 60.7 Å². The van der Waals surface area contributed by atoms with Gasteiger partial charge in [-0.25, -0.2) is 4.68 Å². The van der Waals surface area contributed by atoms with Crippen molar-refractivity contribution < 1.29 is 0 Å². The second-order valence-corrected chi connectivity index (χ2v) is 4.94. The molecule has 0 spiro atoms. The molecule has 0 aliphatic carbocycles. The molecular weight excluding hydrogens is 262 g/mol. The number of aromatic amines is 3. The van der Waals surface area contributed by atoms with Gasteiger partial charge in [-0.2, -0.15) is 5.10 Å². The first-order chi connectivity index (χ1) is 10.3. The number of hydrogen-bond acceptors (Lipinski definition) is 1. The Kier molecular flexibility index (Phi) is 2.57. The number of H-pyrrole nitrogens is 3. The molecule has 0 bridgehead atoms. The van der Waals surface area contributed by atoms with E-state index < -0.39 is 0 Å². The highest BCUT2D eigenvalue weighted by Gasteiger charge is 2.20. The fourth-order valence-electron chi connectivity index (χ4n) is 2.69. The van der Waals surface area contributed by atoms with Gasteiger partial charge >= 0.3 is 0 Å². The molecule has 0 aromatic carbocycles.